The minimum atomic E-state index is 0.250. The van der Waals surface area contributed by atoms with Crippen LogP contribution in [0.5, 0.6) is 5.75 Å². The highest BCUT2D eigenvalue weighted by atomic mass is 16.5. The van der Waals surface area contributed by atoms with Crippen LogP contribution < -0.4 is 10.1 Å². The Morgan fingerprint density at radius 2 is 2.35 bits per heavy atom. The molecule has 0 aliphatic carbocycles. The van der Waals surface area contributed by atoms with Crippen LogP contribution in [0.15, 0.2) is 24.3 Å². The van der Waals surface area contributed by atoms with Crippen LogP contribution >= 0.6 is 0 Å². The molecule has 1 heterocycles. The van der Waals surface area contributed by atoms with Crippen molar-refractivity contribution in [3.63, 3.8) is 0 Å². The van der Waals surface area contributed by atoms with Gasteiger partial charge < -0.3 is 19.7 Å². The van der Waals surface area contributed by atoms with E-state index in [0.29, 0.717) is 17.9 Å². The summed E-state index contributed by atoms with van der Waals surface area (Å²) >= 11 is 0. The zero-order valence-corrected chi connectivity index (χ0v) is 11.8. The van der Waals surface area contributed by atoms with Crippen molar-refractivity contribution in [1.82, 2.24) is 10.2 Å². The fourth-order valence-electron chi connectivity index (χ4n) is 2.17. The van der Waals surface area contributed by atoms with Crippen molar-refractivity contribution in [3.05, 3.63) is 29.8 Å². The fraction of sp³-hybridized carbons (Fsp3) is 0.533. The van der Waals surface area contributed by atoms with E-state index >= 15 is 0 Å². The average molecular weight is 275 g/mol. The Hall–Kier alpha value is -1.61. The number of likely N-dealkylation sites (N-methyl/N-ethyl adjacent to an activating group) is 1. The van der Waals surface area contributed by atoms with Crippen LogP contribution in [0.25, 0.3) is 0 Å². The van der Waals surface area contributed by atoms with Crippen LogP contribution in [0.3, 0.4) is 0 Å². The van der Waals surface area contributed by atoms with Gasteiger partial charge >= 0.3 is 0 Å². The number of nitriles is 1. The smallest absolute Gasteiger partial charge is 0.137 e. The molecule has 0 bridgehead atoms. The Kier molecular flexibility index (Phi) is 5.81. The zero-order chi connectivity index (χ0) is 14.2. The number of nitrogens with one attached hydrogen (secondary N) is 1. The summed E-state index contributed by atoms with van der Waals surface area (Å²) in [7, 11) is 2.11. The van der Waals surface area contributed by atoms with E-state index in [-0.39, 0.29) is 6.10 Å². The SMILES string of the molecule is CN1CCO[C@H](CNCCOc2ccccc2C#N)C1. The molecule has 0 unspecified atom stereocenters. The van der Waals surface area contributed by atoms with Crippen molar-refractivity contribution < 1.29 is 9.47 Å². The number of benzene rings is 1. The molecule has 0 saturated carbocycles. The van der Waals surface area contributed by atoms with Gasteiger partial charge in [-0.3, -0.25) is 0 Å². The molecule has 0 aromatic heterocycles. The van der Waals surface area contributed by atoms with Crippen molar-refractivity contribution in [3.8, 4) is 11.8 Å². The minimum Gasteiger partial charge on any atom is -0.491 e. The summed E-state index contributed by atoms with van der Waals surface area (Å²) in [6.07, 6.45) is 0.250. The summed E-state index contributed by atoms with van der Waals surface area (Å²) in [6.45, 7) is 4.88. The molecule has 1 atom stereocenters. The summed E-state index contributed by atoms with van der Waals surface area (Å²) in [5.41, 5.74) is 0.574. The van der Waals surface area contributed by atoms with Crippen LogP contribution in [0.4, 0.5) is 0 Å². The van der Waals surface area contributed by atoms with Gasteiger partial charge in [-0.05, 0) is 19.2 Å². The highest BCUT2D eigenvalue weighted by Crippen LogP contribution is 2.15. The van der Waals surface area contributed by atoms with Gasteiger partial charge in [-0.25, -0.2) is 0 Å². The summed E-state index contributed by atoms with van der Waals surface area (Å²) in [4.78, 5) is 2.27. The average Bonchev–Trinajstić information content (AvgIpc) is 2.47. The number of morpholine rings is 1. The molecule has 5 heteroatoms. The van der Waals surface area contributed by atoms with Gasteiger partial charge in [-0.1, -0.05) is 12.1 Å². The van der Waals surface area contributed by atoms with Crippen LogP contribution in [-0.2, 0) is 4.74 Å². The maximum absolute atomic E-state index is 8.95. The quantitative estimate of drug-likeness (QED) is 0.780. The predicted octanol–water partition coefficient (Wildman–Crippen LogP) is 0.857. The Balaban J connectivity index is 1.63. The van der Waals surface area contributed by atoms with Crippen molar-refractivity contribution in [2.45, 2.75) is 6.10 Å². The number of ether oxygens (including phenoxy) is 2. The molecule has 1 fully saturated rings. The van der Waals surface area contributed by atoms with Gasteiger partial charge in [0.1, 0.15) is 18.4 Å². The molecule has 108 valence electrons. The van der Waals surface area contributed by atoms with Gasteiger partial charge in [0, 0.05) is 26.2 Å². The van der Waals surface area contributed by atoms with Crippen molar-refractivity contribution in [1.29, 1.82) is 5.26 Å². The first-order valence-electron chi connectivity index (χ1n) is 6.92. The summed E-state index contributed by atoms with van der Waals surface area (Å²) in [5, 5.41) is 12.3. The van der Waals surface area contributed by atoms with Gasteiger partial charge in [-0.2, -0.15) is 5.26 Å². The molecular weight excluding hydrogens is 254 g/mol. The number of nitrogens with zero attached hydrogens (tertiary/aromatic N) is 2. The van der Waals surface area contributed by atoms with E-state index in [9.17, 15) is 0 Å². The van der Waals surface area contributed by atoms with Gasteiger partial charge in [0.05, 0.1) is 18.3 Å². The molecule has 0 amide bonds. The van der Waals surface area contributed by atoms with Crippen molar-refractivity contribution in [2.75, 3.05) is 46.4 Å². The minimum absolute atomic E-state index is 0.250. The van der Waals surface area contributed by atoms with Gasteiger partial charge in [0.2, 0.25) is 0 Å². The van der Waals surface area contributed by atoms with E-state index < -0.39 is 0 Å². The maximum atomic E-state index is 8.95. The second kappa shape index (κ2) is 7.85. The van der Waals surface area contributed by atoms with Crippen LogP contribution in [0, 0.1) is 11.3 Å². The fourth-order valence-corrected chi connectivity index (χ4v) is 2.17. The third-order valence-corrected chi connectivity index (χ3v) is 3.26. The Morgan fingerprint density at radius 1 is 1.50 bits per heavy atom. The van der Waals surface area contributed by atoms with Gasteiger partial charge in [0.25, 0.3) is 0 Å². The number of rotatable bonds is 6. The Morgan fingerprint density at radius 3 is 3.15 bits per heavy atom. The molecular formula is C15H21N3O2. The van der Waals surface area contributed by atoms with Crippen LogP contribution in [0.2, 0.25) is 0 Å². The molecule has 1 aliphatic heterocycles. The van der Waals surface area contributed by atoms with Crippen molar-refractivity contribution in [2.24, 2.45) is 0 Å². The second-order valence-corrected chi connectivity index (χ2v) is 4.92. The van der Waals surface area contributed by atoms with E-state index in [1.54, 1.807) is 6.07 Å². The first-order valence-corrected chi connectivity index (χ1v) is 6.92. The van der Waals surface area contributed by atoms with Gasteiger partial charge in [-0.15, -0.1) is 0 Å². The van der Waals surface area contributed by atoms with Crippen molar-refractivity contribution >= 4 is 0 Å². The lowest BCUT2D eigenvalue weighted by atomic mass is 10.2. The lowest BCUT2D eigenvalue weighted by Crippen LogP contribution is -2.45. The highest BCUT2D eigenvalue weighted by molar-refractivity contribution is 5.42. The molecule has 20 heavy (non-hydrogen) atoms. The molecule has 1 N–H and O–H groups in total. The lowest BCUT2D eigenvalue weighted by Gasteiger charge is -2.30. The normalized spacial score (nSPS) is 19.5. The number of hydrogen-bond acceptors (Lipinski definition) is 5. The highest BCUT2D eigenvalue weighted by Gasteiger charge is 2.16. The third-order valence-electron chi connectivity index (χ3n) is 3.26. The monoisotopic (exact) mass is 275 g/mol. The molecule has 5 nitrogen and oxygen atoms in total. The summed E-state index contributed by atoms with van der Waals surface area (Å²) in [6, 6.07) is 9.40. The molecule has 2 rings (SSSR count). The third kappa shape index (κ3) is 4.49. The van der Waals surface area contributed by atoms with E-state index in [2.05, 4.69) is 23.3 Å². The molecule has 0 spiro atoms. The Labute approximate surface area is 120 Å². The first-order chi connectivity index (χ1) is 9.79. The van der Waals surface area contributed by atoms with E-state index in [1.807, 2.05) is 18.2 Å². The largest absolute Gasteiger partial charge is 0.491 e. The first kappa shape index (κ1) is 14.8. The predicted molar refractivity (Wildman–Crippen MR) is 76.8 cm³/mol. The van der Waals surface area contributed by atoms with Gasteiger partial charge in [0.15, 0.2) is 0 Å². The van der Waals surface area contributed by atoms with Crippen LogP contribution in [0.1, 0.15) is 5.56 Å². The topological polar surface area (TPSA) is 57.5 Å². The molecule has 1 aliphatic rings. The summed E-state index contributed by atoms with van der Waals surface area (Å²) in [5.74, 6) is 0.644. The summed E-state index contributed by atoms with van der Waals surface area (Å²) < 4.78 is 11.3. The molecule has 0 radical (unpaired) electrons. The molecule has 1 aromatic rings. The number of para-hydroxylation sites is 1. The van der Waals surface area contributed by atoms with E-state index in [0.717, 1.165) is 32.8 Å². The van der Waals surface area contributed by atoms with E-state index in [4.69, 9.17) is 14.7 Å². The van der Waals surface area contributed by atoms with E-state index in [1.165, 1.54) is 0 Å². The lowest BCUT2D eigenvalue weighted by molar-refractivity contribution is -0.0182. The maximum Gasteiger partial charge on any atom is 0.137 e. The zero-order valence-electron chi connectivity index (χ0n) is 11.8. The standard InChI is InChI=1S/C15H21N3O2/c1-18-7-9-19-14(12-18)11-17-6-8-20-15-5-3-2-4-13(15)10-16/h2-5,14,17H,6-9,11-12H2,1H3/t14-/m1/s1. The molecule has 1 aromatic carbocycles. The number of hydrogen-bond donors (Lipinski definition) is 1. The van der Waals surface area contributed by atoms with Crippen LogP contribution in [-0.4, -0.2) is 57.4 Å². The Bertz CT molecular complexity index is 459. The second-order valence-electron chi connectivity index (χ2n) is 4.92. The molecule has 1 saturated heterocycles.